The van der Waals surface area contributed by atoms with Gasteiger partial charge in [-0.15, -0.1) is 0 Å². The first-order valence-electron chi connectivity index (χ1n) is 3.15. The molecule has 4 nitrogen and oxygen atoms in total. The summed E-state index contributed by atoms with van der Waals surface area (Å²) in [5.74, 6) is -1.91. The van der Waals surface area contributed by atoms with Gasteiger partial charge in [-0.05, 0) is 6.42 Å². The second-order valence-corrected chi connectivity index (χ2v) is 2.10. The van der Waals surface area contributed by atoms with Gasteiger partial charge in [-0.2, -0.15) is 0 Å². The van der Waals surface area contributed by atoms with Crippen molar-refractivity contribution in [2.24, 2.45) is 5.92 Å². The standard InChI is InChI=1S/C6H12O4/c1-2-4(6(9)10)5(8)3-7/h4-5,7-8H,2-3H2,1H3,(H,9,10)/t4?,5-/m1/s1. The fraction of sp³-hybridized carbons (Fsp3) is 0.833. The van der Waals surface area contributed by atoms with Gasteiger partial charge in [0.1, 0.15) is 0 Å². The van der Waals surface area contributed by atoms with Crippen LogP contribution in [0.5, 0.6) is 0 Å². The molecule has 0 bridgehead atoms. The van der Waals surface area contributed by atoms with Crippen molar-refractivity contribution in [3.05, 3.63) is 0 Å². The summed E-state index contributed by atoms with van der Waals surface area (Å²) in [6, 6.07) is 0. The summed E-state index contributed by atoms with van der Waals surface area (Å²) in [6.45, 7) is 1.16. The molecule has 0 rings (SSSR count). The highest BCUT2D eigenvalue weighted by atomic mass is 16.4. The number of carboxylic acids is 1. The molecule has 0 aliphatic carbocycles. The summed E-state index contributed by atoms with van der Waals surface area (Å²) >= 11 is 0. The molecule has 60 valence electrons. The monoisotopic (exact) mass is 148 g/mol. The van der Waals surface area contributed by atoms with Gasteiger partial charge in [0.15, 0.2) is 0 Å². The zero-order chi connectivity index (χ0) is 8.15. The molecule has 3 N–H and O–H groups in total. The molecule has 0 aliphatic rings. The van der Waals surface area contributed by atoms with Crippen LogP contribution < -0.4 is 0 Å². The second-order valence-electron chi connectivity index (χ2n) is 2.10. The Morgan fingerprint density at radius 2 is 2.10 bits per heavy atom. The Hall–Kier alpha value is -0.610. The van der Waals surface area contributed by atoms with E-state index in [9.17, 15) is 4.79 Å². The zero-order valence-electron chi connectivity index (χ0n) is 5.82. The molecular weight excluding hydrogens is 136 g/mol. The molecule has 0 heterocycles. The van der Waals surface area contributed by atoms with Crippen LogP contribution >= 0.6 is 0 Å². The summed E-state index contributed by atoms with van der Waals surface area (Å²) in [4.78, 5) is 10.3. The van der Waals surface area contributed by atoms with Crippen LogP contribution in [0, 0.1) is 5.92 Å². The van der Waals surface area contributed by atoms with Crippen LogP contribution in [-0.4, -0.2) is 34.0 Å². The van der Waals surface area contributed by atoms with E-state index in [0.717, 1.165) is 0 Å². The van der Waals surface area contributed by atoms with Crippen molar-refractivity contribution in [1.29, 1.82) is 0 Å². The minimum Gasteiger partial charge on any atom is -0.481 e. The predicted molar refractivity (Wildman–Crippen MR) is 34.5 cm³/mol. The van der Waals surface area contributed by atoms with Gasteiger partial charge in [0.05, 0.1) is 18.6 Å². The van der Waals surface area contributed by atoms with Crippen LogP contribution in [0.25, 0.3) is 0 Å². The number of aliphatic hydroxyl groups is 2. The predicted octanol–water partition coefficient (Wildman–Crippen LogP) is -0.550. The first-order valence-corrected chi connectivity index (χ1v) is 3.15. The van der Waals surface area contributed by atoms with Crippen LogP contribution in [0.2, 0.25) is 0 Å². The molecule has 2 atom stereocenters. The number of carbonyl (C=O) groups is 1. The van der Waals surface area contributed by atoms with Crippen molar-refractivity contribution in [2.75, 3.05) is 6.61 Å². The number of hydrogen-bond acceptors (Lipinski definition) is 3. The summed E-state index contributed by atoms with van der Waals surface area (Å²) in [7, 11) is 0. The molecule has 0 amide bonds. The molecule has 0 aromatic rings. The van der Waals surface area contributed by atoms with Crippen LogP contribution in [0.15, 0.2) is 0 Å². The summed E-state index contributed by atoms with van der Waals surface area (Å²) < 4.78 is 0. The average Bonchev–Trinajstić information content (AvgIpc) is 1.88. The molecule has 0 aromatic heterocycles. The van der Waals surface area contributed by atoms with E-state index in [1.54, 1.807) is 6.92 Å². The van der Waals surface area contributed by atoms with Gasteiger partial charge in [0, 0.05) is 0 Å². The van der Waals surface area contributed by atoms with Gasteiger partial charge in [-0.1, -0.05) is 6.92 Å². The van der Waals surface area contributed by atoms with Crippen LogP contribution in [0.3, 0.4) is 0 Å². The number of carboxylic acid groups (broad SMARTS) is 1. The first kappa shape index (κ1) is 9.39. The Kier molecular flexibility index (Phi) is 3.99. The lowest BCUT2D eigenvalue weighted by Crippen LogP contribution is -2.30. The summed E-state index contributed by atoms with van der Waals surface area (Å²) in [5, 5.41) is 25.6. The van der Waals surface area contributed by atoms with E-state index in [1.807, 2.05) is 0 Å². The smallest absolute Gasteiger partial charge is 0.309 e. The van der Waals surface area contributed by atoms with E-state index >= 15 is 0 Å². The largest absolute Gasteiger partial charge is 0.481 e. The van der Waals surface area contributed by atoms with E-state index in [4.69, 9.17) is 15.3 Å². The van der Waals surface area contributed by atoms with Crippen LogP contribution in [0.1, 0.15) is 13.3 Å². The highest BCUT2D eigenvalue weighted by Crippen LogP contribution is 2.07. The molecule has 0 fully saturated rings. The second kappa shape index (κ2) is 4.24. The van der Waals surface area contributed by atoms with Crippen LogP contribution in [0.4, 0.5) is 0 Å². The summed E-state index contributed by atoms with van der Waals surface area (Å²) in [5.41, 5.74) is 0. The van der Waals surface area contributed by atoms with E-state index in [2.05, 4.69) is 0 Å². The van der Waals surface area contributed by atoms with Crippen molar-refractivity contribution in [3.8, 4) is 0 Å². The lowest BCUT2D eigenvalue weighted by atomic mass is 10.0. The van der Waals surface area contributed by atoms with E-state index in [0.29, 0.717) is 6.42 Å². The lowest BCUT2D eigenvalue weighted by molar-refractivity contribution is -0.146. The maximum absolute atomic E-state index is 10.3. The fourth-order valence-electron chi connectivity index (χ4n) is 0.739. The summed E-state index contributed by atoms with van der Waals surface area (Å²) in [6.07, 6.45) is -0.806. The molecule has 1 unspecified atom stereocenters. The van der Waals surface area contributed by atoms with Gasteiger partial charge in [0.25, 0.3) is 0 Å². The molecular formula is C6H12O4. The Morgan fingerprint density at radius 3 is 2.20 bits per heavy atom. The Balaban J connectivity index is 3.92. The first-order chi connectivity index (χ1) is 4.63. The maximum atomic E-state index is 10.3. The van der Waals surface area contributed by atoms with Gasteiger partial charge in [-0.25, -0.2) is 0 Å². The molecule has 0 saturated carbocycles. The van der Waals surface area contributed by atoms with Gasteiger partial charge in [0.2, 0.25) is 0 Å². The highest BCUT2D eigenvalue weighted by molar-refractivity contribution is 5.70. The molecule has 0 saturated heterocycles. The van der Waals surface area contributed by atoms with Crippen LogP contribution in [-0.2, 0) is 4.79 Å². The van der Waals surface area contributed by atoms with E-state index in [1.165, 1.54) is 0 Å². The Labute approximate surface area is 59.1 Å². The third kappa shape index (κ3) is 2.33. The zero-order valence-corrected chi connectivity index (χ0v) is 5.82. The quantitative estimate of drug-likeness (QED) is 0.500. The number of rotatable bonds is 4. The Morgan fingerprint density at radius 1 is 1.60 bits per heavy atom. The van der Waals surface area contributed by atoms with Crippen molar-refractivity contribution in [1.82, 2.24) is 0 Å². The van der Waals surface area contributed by atoms with Crippen molar-refractivity contribution in [3.63, 3.8) is 0 Å². The lowest BCUT2D eigenvalue weighted by Gasteiger charge is -2.13. The van der Waals surface area contributed by atoms with Gasteiger partial charge < -0.3 is 15.3 Å². The maximum Gasteiger partial charge on any atom is 0.309 e. The third-order valence-corrected chi connectivity index (χ3v) is 1.41. The van der Waals surface area contributed by atoms with Gasteiger partial charge in [-0.3, -0.25) is 4.79 Å². The molecule has 0 aliphatic heterocycles. The number of aliphatic hydroxyl groups excluding tert-OH is 2. The average molecular weight is 148 g/mol. The van der Waals surface area contributed by atoms with E-state index < -0.39 is 24.6 Å². The minimum atomic E-state index is -1.14. The molecule has 4 heteroatoms. The SMILES string of the molecule is CCC(C(=O)O)[C@H](O)CO. The fourth-order valence-corrected chi connectivity index (χ4v) is 0.739. The number of aliphatic carboxylic acids is 1. The number of hydrogen-bond donors (Lipinski definition) is 3. The van der Waals surface area contributed by atoms with E-state index in [-0.39, 0.29) is 0 Å². The van der Waals surface area contributed by atoms with Crippen molar-refractivity contribution in [2.45, 2.75) is 19.4 Å². The molecule has 0 spiro atoms. The van der Waals surface area contributed by atoms with Crippen molar-refractivity contribution >= 4 is 5.97 Å². The molecule has 10 heavy (non-hydrogen) atoms. The topological polar surface area (TPSA) is 77.8 Å². The van der Waals surface area contributed by atoms with Crippen molar-refractivity contribution < 1.29 is 20.1 Å². The normalized spacial score (nSPS) is 16.3. The Bertz CT molecular complexity index is 112. The third-order valence-electron chi connectivity index (χ3n) is 1.41. The molecule has 0 radical (unpaired) electrons. The van der Waals surface area contributed by atoms with Gasteiger partial charge >= 0.3 is 5.97 Å². The highest BCUT2D eigenvalue weighted by Gasteiger charge is 2.23. The molecule has 0 aromatic carbocycles. The minimum absolute atomic E-state index is 0.330.